The Hall–Kier alpha value is -3.65. The van der Waals surface area contributed by atoms with Gasteiger partial charge in [0.25, 0.3) is 5.91 Å². The quantitative estimate of drug-likeness (QED) is 0.571. The summed E-state index contributed by atoms with van der Waals surface area (Å²) in [7, 11) is 0. The number of benzene rings is 2. The third-order valence-corrected chi connectivity index (χ3v) is 7.85. The number of amides is 3. The Bertz CT molecular complexity index is 1380. The molecule has 0 saturated carbocycles. The van der Waals surface area contributed by atoms with Crippen LogP contribution in [0.1, 0.15) is 58.6 Å². The first-order chi connectivity index (χ1) is 17.5. The van der Waals surface area contributed by atoms with Gasteiger partial charge in [0.15, 0.2) is 0 Å². The van der Waals surface area contributed by atoms with Crippen LogP contribution in [0.5, 0.6) is 0 Å². The smallest absolute Gasteiger partial charge is 0.255 e. The summed E-state index contributed by atoms with van der Waals surface area (Å²) < 4.78 is 14.6. The summed E-state index contributed by atoms with van der Waals surface area (Å²) in [5, 5.41) is 4.67. The first-order valence-corrected chi connectivity index (χ1v) is 12.5. The van der Waals surface area contributed by atoms with Gasteiger partial charge in [-0.3, -0.25) is 29.6 Å². The van der Waals surface area contributed by atoms with Crippen LogP contribution in [0.3, 0.4) is 0 Å². The molecule has 2 fully saturated rings. The van der Waals surface area contributed by atoms with Crippen LogP contribution in [0.4, 0.5) is 4.39 Å². The lowest BCUT2D eigenvalue weighted by Gasteiger charge is -2.33. The fraction of sp³-hybridized carbons (Fsp3) is 0.357. The van der Waals surface area contributed by atoms with Crippen molar-refractivity contribution in [3.8, 4) is 0 Å². The maximum absolute atomic E-state index is 14.6. The average Bonchev–Trinajstić information content (AvgIpc) is 3.20. The Morgan fingerprint density at radius 1 is 1.06 bits per heavy atom. The number of piperidine rings is 2. The van der Waals surface area contributed by atoms with Crippen molar-refractivity contribution in [1.82, 2.24) is 20.1 Å². The Morgan fingerprint density at radius 3 is 2.69 bits per heavy atom. The predicted octanol–water partition coefficient (Wildman–Crippen LogP) is 3.51. The molecule has 184 valence electrons. The highest BCUT2D eigenvalue weighted by Gasteiger charge is 2.41. The molecule has 1 atom stereocenters. The minimum atomic E-state index is -0.699. The number of hydrogen-bond acceptors (Lipinski definition) is 5. The lowest BCUT2D eigenvalue weighted by molar-refractivity contribution is -0.136. The van der Waals surface area contributed by atoms with E-state index in [9.17, 15) is 18.8 Å². The van der Waals surface area contributed by atoms with E-state index in [2.05, 4.69) is 33.4 Å². The zero-order chi connectivity index (χ0) is 24.8. The van der Waals surface area contributed by atoms with Crippen LogP contribution in [0.15, 0.2) is 48.8 Å². The third-order valence-electron chi connectivity index (χ3n) is 7.85. The number of nitrogens with one attached hydrogen (secondary N) is 1. The molecule has 7 nitrogen and oxygen atoms in total. The van der Waals surface area contributed by atoms with Gasteiger partial charge in [-0.1, -0.05) is 18.2 Å². The molecule has 8 heteroatoms. The summed E-state index contributed by atoms with van der Waals surface area (Å²) in [6.45, 7) is 2.85. The molecule has 4 heterocycles. The predicted molar refractivity (Wildman–Crippen MR) is 131 cm³/mol. The molecule has 3 aliphatic rings. The van der Waals surface area contributed by atoms with Gasteiger partial charge < -0.3 is 4.90 Å². The number of likely N-dealkylation sites (tertiary alicyclic amines) is 1. The Morgan fingerprint density at radius 2 is 1.89 bits per heavy atom. The van der Waals surface area contributed by atoms with E-state index < -0.39 is 17.8 Å². The number of nitrogens with zero attached hydrogens (tertiary/aromatic N) is 3. The maximum Gasteiger partial charge on any atom is 0.255 e. The molecule has 3 aromatic rings. The van der Waals surface area contributed by atoms with Crippen molar-refractivity contribution >= 4 is 28.5 Å². The Balaban J connectivity index is 1.19. The summed E-state index contributed by atoms with van der Waals surface area (Å²) in [6.07, 6.45) is 5.95. The molecule has 6 rings (SSSR count). The van der Waals surface area contributed by atoms with Gasteiger partial charge in [0.05, 0.1) is 0 Å². The van der Waals surface area contributed by atoms with Crippen molar-refractivity contribution in [1.29, 1.82) is 0 Å². The van der Waals surface area contributed by atoms with Gasteiger partial charge in [0, 0.05) is 42.9 Å². The van der Waals surface area contributed by atoms with Crippen LogP contribution >= 0.6 is 0 Å². The molecule has 3 amide bonds. The van der Waals surface area contributed by atoms with Crippen LogP contribution in [-0.2, 0) is 22.7 Å². The van der Waals surface area contributed by atoms with E-state index in [1.54, 1.807) is 12.3 Å². The molecular weight excluding hydrogens is 459 g/mol. The molecule has 2 aromatic carbocycles. The van der Waals surface area contributed by atoms with Crippen molar-refractivity contribution in [3.63, 3.8) is 0 Å². The number of aromatic nitrogens is 1. The van der Waals surface area contributed by atoms with Crippen molar-refractivity contribution in [2.45, 2.75) is 50.7 Å². The number of carbonyl (C=O) groups is 3. The minimum absolute atomic E-state index is 0.148. The zero-order valence-electron chi connectivity index (χ0n) is 19.9. The number of imide groups is 1. The highest BCUT2D eigenvalue weighted by Crippen LogP contribution is 2.38. The van der Waals surface area contributed by atoms with Crippen LogP contribution in [0.2, 0.25) is 0 Å². The molecule has 1 unspecified atom stereocenters. The van der Waals surface area contributed by atoms with Crippen LogP contribution < -0.4 is 5.32 Å². The van der Waals surface area contributed by atoms with E-state index in [0.717, 1.165) is 49.0 Å². The van der Waals surface area contributed by atoms with Crippen molar-refractivity contribution in [3.05, 3.63) is 76.9 Å². The molecule has 1 aromatic heterocycles. The van der Waals surface area contributed by atoms with E-state index in [-0.39, 0.29) is 30.7 Å². The van der Waals surface area contributed by atoms with Gasteiger partial charge in [0.2, 0.25) is 11.8 Å². The monoisotopic (exact) mass is 486 g/mol. The second-order valence-corrected chi connectivity index (χ2v) is 9.99. The molecular formula is C28H27FN4O3. The van der Waals surface area contributed by atoms with Gasteiger partial charge in [-0.15, -0.1) is 0 Å². The average molecular weight is 487 g/mol. The number of halogens is 1. The standard InChI is InChI=1S/C28H27FN4O3/c29-20-12-21(24-16-33(28(36)22(24)13-20)25-4-5-26(34)31-27(25)35)18-7-10-32(11-8-18)15-19-3-1-2-17-6-9-30-14-23(17)19/h1-3,6,9,12-14,18,25H,4-5,7-8,10-11,15-16H2,(H,31,34,35). The number of carbonyl (C=O) groups excluding carboxylic acids is 3. The number of hydrogen-bond donors (Lipinski definition) is 1. The first kappa shape index (κ1) is 22.8. The highest BCUT2D eigenvalue weighted by molar-refractivity contribution is 6.05. The minimum Gasteiger partial charge on any atom is -0.322 e. The first-order valence-electron chi connectivity index (χ1n) is 12.5. The summed E-state index contributed by atoms with van der Waals surface area (Å²) >= 11 is 0. The van der Waals surface area contributed by atoms with E-state index in [1.165, 1.54) is 21.9 Å². The summed E-state index contributed by atoms with van der Waals surface area (Å²) in [5.41, 5.74) is 3.29. The van der Waals surface area contributed by atoms with Gasteiger partial charge in [0.1, 0.15) is 11.9 Å². The molecule has 0 bridgehead atoms. The third kappa shape index (κ3) is 4.05. The molecule has 0 spiro atoms. The molecule has 36 heavy (non-hydrogen) atoms. The zero-order valence-corrected chi connectivity index (χ0v) is 19.9. The Kier molecular flexibility index (Phi) is 5.76. The summed E-state index contributed by atoms with van der Waals surface area (Å²) in [4.78, 5) is 45.3. The van der Waals surface area contributed by atoms with Crippen LogP contribution in [-0.4, -0.2) is 51.6 Å². The molecule has 3 aliphatic heterocycles. The topological polar surface area (TPSA) is 82.6 Å². The van der Waals surface area contributed by atoms with E-state index in [1.807, 2.05) is 12.3 Å². The van der Waals surface area contributed by atoms with Gasteiger partial charge in [-0.25, -0.2) is 4.39 Å². The lowest BCUT2D eigenvalue weighted by Crippen LogP contribution is -2.52. The van der Waals surface area contributed by atoms with Gasteiger partial charge >= 0.3 is 0 Å². The van der Waals surface area contributed by atoms with E-state index in [0.29, 0.717) is 12.0 Å². The second-order valence-electron chi connectivity index (χ2n) is 9.99. The second kappa shape index (κ2) is 9.09. The van der Waals surface area contributed by atoms with Crippen LogP contribution in [0, 0.1) is 5.82 Å². The lowest BCUT2D eigenvalue weighted by atomic mass is 9.85. The fourth-order valence-electron chi connectivity index (χ4n) is 5.97. The SMILES string of the molecule is O=C1CCC(N2Cc3c(cc(F)cc3C3CCN(Cc4cccc5ccncc45)CC3)C2=O)C(=O)N1. The van der Waals surface area contributed by atoms with Gasteiger partial charge in [-0.05, 0) is 78.5 Å². The number of rotatable bonds is 4. The van der Waals surface area contributed by atoms with Gasteiger partial charge in [-0.2, -0.15) is 0 Å². The largest absolute Gasteiger partial charge is 0.322 e. The number of pyridine rings is 1. The van der Waals surface area contributed by atoms with Crippen LogP contribution in [0.25, 0.3) is 10.8 Å². The van der Waals surface area contributed by atoms with E-state index in [4.69, 9.17) is 0 Å². The van der Waals surface area contributed by atoms with Crippen molar-refractivity contribution < 1.29 is 18.8 Å². The molecule has 0 radical (unpaired) electrons. The van der Waals surface area contributed by atoms with Crippen molar-refractivity contribution in [2.24, 2.45) is 0 Å². The normalized spacial score (nSPS) is 21.2. The summed E-state index contributed by atoms with van der Waals surface area (Å²) in [5.74, 6) is -1.38. The fourth-order valence-corrected chi connectivity index (χ4v) is 5.97. The highest BCUT2D eigenvalue weighted by atomic mass is 19.1. The summed E-state index contributed by atoms with van der Waals surface area (Å²) in [6, 6.07) is 10.5. The van der Waals surface area contributed by atoms with E-state index >= 15 is 0 Å². The molecule has 2 saturated heterocycles. The van der Waals surface area contributed by atoms with Crippen molar-refractivity contribution in [2.75, 3.05) is 13.1 Å². The molecule has 1 N–H and O–H groups in total. The number of fused-ring (bicyclic) bond motifs is 2. The maximum atomic E-state index is 14.6. The molecule has 0 aliphatic carbocycles. The Labute approximate surface area is 208 Å².